The van der Waals surface area contributed by atoms with E-state index in [9.17, 15) is 9.18 Å². The molecule has 0 spiro atoms. The smallest absolute Gasteiger partial charge is 0.273 e. The van der Waals surface area contributed by atoms with Crippen molar-refractivity contribution in [1.82, 2.24) is 9.88 Å². The Morgan fingerprint density at radius 3 is 2.62 bits per heavy atom. The molecule has 2 unspecified atom stereocenters. The molecule has 0 bridgehead atoms. The van der Waals surface area contributed by atoms with Crippen LogP contribution in [0.15, 0.2) is 29.6 Å². The molecule has 0 aliphatic carbocycles. The maximum Gasteiger partial charge on any atom is 0.273 e. The molecule has 2 heterocycles. The summed E-state index contributed by atoms with van der Waals surface area (Å²) in [6.07, 6.45) is 0.942. The van der Waals surface area contributed by atoms with Crippen molar-refractivity contribution in [3.8, 4) is 10.6 Å². The zero-order valence-corrected chi connectivity index (χ0v) is 15.6. The van der Waals surface area contributed by atoms with Gasteiger partial charge in [-0.05, 0) is 50.1 Å². The number of aromatic nitrogens is 1. The van der Waals surface area contributed by atoms with E-state index in [-0.39, 0.29) is 42.6 Å². The monoisotopic (exact) mass is 391 g/mol. The predicted octanol–water partition coefficient (Wildman–Crippen LogP) is 3.60. The summed E-state index contributed by atoms with van der Waals surface area (Å²) < 4.78 is 13.0. The Bertz CT molecular complexity index is 680. The molecular weight excluding hydrogens is 372 g/mol. The molecule has 1 fully saturated rings. The van der Waals surface area contributed by atoms with Crippen LogP contribution in [0.1, 0.15) is 23.8 Å². The molecule has 2 atom stereocenters. The lowest BCUT2D eigenvalue weighted by molar-refractivity contribution is 0.0738. The van der Waals surface area contributed by atoms with Gasteiger partial charge in [-0.15, -0.1) is 36.2 Å². The summed E-state index contributed by atoms with van der Waals surface area (Å²) in [7, 11) is 0. The van der Waals surface area contributed by atoms with E-state index in [4.69, 9.17) is 5.73 Å². The van der Waals surface area contributed by atoms with Crippen LogP contribution in [0.25, 0.3) is 10.6 Å². The minimum atomic E-state index is -0.282. The number of benzene rings is 1. The number of hydrogen-bond donors (Lipinski definition) is 1. The number of thiazole rings is 1. The van der Waals surface area contributed by atoms with E-state index in [1.807, 2.05) is 11.8 Å². The van der Waals surface area contributed by atoms with Gasteiger partial charge >= 0.3 is 0 Å². The highest BCUT2D eigenvalue weighted by molar-refractivity contribution is 7.13. The predicted molar refractivity (Wildman–Crippen MR) is 99.7 cm³/mol. The van der Waals surface area contributed by atoms with Crippen molar-refractivity contribution in [3.05, 3.63) is 41.2 Å². The van der Waals surface area contributed by atoms with Gasteiger partial charge in [0.2, 0.25) is 0 Å². The average Bonchev–Trinajstić information content (AvgIpc) is 3.14. The van der Waals surface area contributed by atoms with E-state index in [1.165, 1.54) is 23.5 Å². The Morgan fingerprint density at radius 2 is 2.04 bits per heavy atom. The second-order valence-electron chi connectivity index (χ2n) is 5.69. The van der Waals surface area contributed by atoms with Gasteiger partial charge in [0.1, 0.15) is 16.5 Å². The topological polar surface area (TPSA) is 59.2 Å². The van der Waals surface area contributed by atoms with Crippen LogP contribution in [0.3, 0.4) is 0 Å². The van der Waals surface area contributed by atoms with Crippen LogP contribution in [-0.2, 0) is 0 Å². The maximum atomic E-state index is 13.0. The van der Waals surface area contributed by atoms with Crippen LogP contribution in [0.2, 0.25) is 0 Å². The van der Waals surface area contributed by atoms with Gasteiger partial charge < -0.3 is 10.6 Å². The highest BCUT2D eigenvalue weighted by atomic mass is 35.5. The summed E-state index contributed by atoms with van der Waals surface area (Å²) in [5, 5.41) is 2.49. The van der Waals surface area contributed by atoms with E-state index in [0.29, 0.717) is 24.7 Å². The third-order valence-electron chi connectivity index (χ3n) is 4.07. The number of rotatable bonds is 3. The van der Waals surface area contributed by atoms with Crippen LogP contribution in [0.4, 0.5) is 4.39 Å². The number of carbonyl (C=O) groups is 1. The maximum absolute atomic E-state index is 13.0. The highest BCUT2D eigenvalue weighted by Gasteiger charge is 2.33. The van der Waals surface area contributed by atoms with Gasteiger partial charge in [0, 0.05) is 23.5 Å². The first kappa shape index (κ1) is 20.8. The molecule has 1 aliphatic rings. The number of halogens is 3. The van der Waals surface area contributed by atoms with Crippen LogP contribution in [-0.4, -0.2) is 34.9 Å². The lowest BCUT2D eigenvalue weighted by Crippen LogP contribution is -2.34. The number of hydrogen-bond acceptors (Lipinski definition) is 4. The van der Waals surface area contributed by atoms with Crippen LogP contribution >= 0.6 is 36.2 Å². The van der Waals surface area contributed by atoms with Gasteiger partial charge in [0.05, 0.1) is 0 Å². The standard InChI is InChI=1S/C16H18FN3OS.2ClH/c1-10-6-11(7-18)8-20(10)16(21)14-9-22-15(19-14)12-2-4-13(17)5-3-12;;/h2-5,9-11H,6-8,18H2,1H3;2*1H. The van der Waals surface area contributed by atoms with Crippen LogP contribution in [0, 0.1) is 11.7 Å². The molecule has 24 heavy (non-hydrogen) atoms. The second-order valence-corrected chi connectivity index (χ2v) is 6.55. The fourth-order valence-electron chi connectivity index (χ4n) is 2.84. The molecule has 1 aromatic heterocycles. The highest BCUT2D eigenvalue weighted by Crippen LogP contribution is 2.27. The summed E-state index contributed by atoms with van der Waals surface area (Å²) in [4.78, 5) is 18.8. The van der Waals surface area contributed by atoms with Crippen molar-refractivity contribution in [3.63, 3.8) is 0 Å². The molecule has 0 saturated carbocycles. The number of likely N-dealkylation sites (tertiary alicyclic amines) is 1. The minimum Gasteiger partial charge on any atom is -0.334 e. The van der Waals surface area contributed by atoms with E-state index in [0.717, 1.165) is 17.0 Å². The summed E-state index contributed by atoms with van der Waals surface area (Å²) in [6, 6.07) is 6.33. The van der Waals surface area contributed by atoms with Gasteiger partial charge in [0.25, 0.3) is 5.91 Å². The largest absolute Gasteiger partial charge is 0.334 e. The normalized spacial score (nSPS) is 19.5. The molecule has 0 radical (unpaired) electrons. The first-order valence-corrected chi connectivity index (χ1v) is 8.19. The molecule has 8 heteroatoms. The lowest BCUT2D eigenvalue weighted by atomic mass is 10.1. The van der Waals surface area contributed by atoms with Gasteiger partial charge in [-0.2, -0.15) is 0 Å². The molecule has 1 amide bonds. The molecule has 2 N–H and O–H groups in total. The van der Waals surface area contributed by atoms with Crippen molar-refractivity contribution in [2.24, 2.45) is 11.7 Å². The number of nitrogens with zero attached hydrogens (tertiary/aromatic N) is 2. The molecule has 3 rings (SSSR count). The Labute approximate surface area is 157 Å². The molecule has 1 aliphatic heterocycles. The van der Waals surface area contributed by atoms with Crippen molar-refractivity contribution in [2.45, 2.75) is 19.4 Å². The summed E-state index contributed by atoms with van der Waals surface area (Å²) >= 11 is 1.40. The SMILES string of the molecule is CC1CC(CN)CN1C(=O)c1csc(-c2ccc(F)cc2)n1.Cl.Cl. The van der Waals surface area contributed by atoms with E-state index in [2.05, 4.69) is 4.98 Å². The van der Waals surface area contributed by atoms with E-state index >= 15 is 0 Å². The zero-order chi connectivity index (χ0) is 15.7. The first-order chi connectivity index (χ1) is 10.6. The first-order valence-electron chi connectivity index (χ1n) is 7.31. The van der Waals surface area contributed by atoms with Crippen molar-refractivity contribution in [1.29, 1.82) is 0 Å². The summed E-state index contributed by atoms with van der Waals surface area (Å²) in [5.41, 5.74) is 6.98. The fourth-order valence-corrected chi connectivity index (χ4v) is 3.64. The van der Waals surface area contributed by atoms with Crippen molar-refractivity contribution < 1.29 is 9.18 Å². The Kier molecular flexibility index (Phi) is 7.60. The van der Waals surface area contributed by atoms with Crippen LogP contribution < -0.4 is 5.73 Å². The number of nitrogens with two attached hydrogens (primary N) is 1. The number of carbonyl (C=O) groups excluding carboxylic acids is 1. The molecular formula is C16H20Cl2FN3OS. The van der Waals surface area contributed by atoms with Crippen molar-refractivity contribution >= 4 is 42.1 Å². The van der Waals surface area contributed by atoms with Gasteiger partial charge in [-0.25, -0.2) is 9.37 Å². The van der Waals surface area contributed by atoms with Gasteiger partial charge in [-0.1, -0.05) is 0 Å². The van der Waals surface area contributed by atoms with Gasteiger partial charge in [-0.3, -0.25) is 4.79 Å². The molecule has 2 aromatic rings. The average molecular weight is 392 g/mol. The van der Waals surface area contributed by atoms with E-state index in [1.54, 1.807) is 17.5 Å². The Hall–Kier alpha value is -1.21. The molecule has 1 saturated heterocycles. The van der Waals surface area contributed by atoms with Crippen LogP contribution in [0.5, 0.6) is 0 Å². The van der Waals surface area contributed by atoms with E-state index < -0.39 is 0 Å². The Balaban J connectivity index is 0.00000144. The fraction of sp³-hybridized carbons (Fsp3) is 0.375. The summed E-state index contributed by atoms with van der Waals surface area (Å²) in [6.45, 7) is 3.34. The van der Waals surface area contributed by atoms with Crippen molar-refractivity contribution in [2.75, 3.05) is 13.1 Å². The molecule has 4 nitrogen and oxygen atoms in total. The minimum absolute atomic E-state index is 0. The Morgan fingerprint density at radius 1 is 1.38 bits per heavy atom. The third kappa shape index (κ3) is 4.25. The van der Waals surface area contributed by atoms with Gasteiger partial charge in [0.15, 0.2) is 0 Å². The molecule has 132 valence electrons. The quantitative estimate of drug-likeness (QED) is 0.868. The third-order valence-corrected chi connectivity index (χ3v) is 4.96. The zero-order valence-electron chi connectivity index (χ0n) is 13.1. The lowest BCUT2D eigenvalue weighted by Gasteiger charge is -2.20. The second kappa shape index (κ2) is 8.76. The summed E-state index contributed by atoms with van der Waals surface area (Å²) in [5.74, 6) is 0.0394. The molecule has 1 aromatic carbocycles. The number of amides is 1.